The Balaban J connectivity index is 2.13. The molecule has 0 aromatic heterocycles. The molecule has 3 fully saturated rings. The van der Waals surface area contributed by atoms with Crippen molar-refractivity contribution in [3.05, 3.63) is 0 Å². The second-order valence-corrected chi connectivity index (χ2v) is 6.75. The third-order valence-corrected chi connectivity index (χ3v) is 6.43. The lowest BCUT2D eigenvalue weighted by Crippen LogP contribution is -2.77. The van der Waals surface area contributed by atoms with Gasteiger partial charge in [-0.1, -0.05) is 13.8 Å². The SMILES string of the molecule is COC(=O)C1(C(F)(F)F)C2C3CC(C(C)C3C)C2C1(F)F. The first kappa shape index (κ1) is 15.0. The first-order valence-electron chi connectivity index (χ1n) is 7.06. The van der Waals surface area contributed by atoms with Crippen LogP contribution in [0.5, 0.6) is 0 Å². The van der Waals surface area contributed by atoms with Crippen LogP contribution >= 0.6 is 0 Å². The topological polar surface area (TPSA) is 26.3 Å². The standard InChI is InChI=1S/C14H17F5O2/c1-5-6(2)8-4-7(5)9-10(8)13(15,16)12(9,11(20)21-3)14(17,18)19/h5-10H,4H2,1-3H3. The average Bonchev–Trinajstić information content (AvgIpc) is 2.84. The number of alkyl halides is 5. The molecule has 0 aliphatic heterocycles. The van der Waals surface area contributed by atoms with Crippen molar-refractivity contribution >= 4 is 5.97 Å². The Hall–Kier alpha value is -0.880. The van der Waals surface area contributed by atoms with E-state index in [1.54, 1.807) is 6.92 Å². The Labute approximate surface area is 119 Å². The minimum absolute atomic E-state index is 0.0361. The summed E-state index contributed by atoms with van der Waals surface area (Å²) in [5.74, 6) is -9.68. The normalized spacial score (nSPS) is 50.5. The lowest BCUT2D eigenvalue weighted by molar-refractivity contribution is -0.398. The molecule has 7 atom stereocenters. The highest BCUT2D eigenvalue weighted by molar-refractivity contribution is 5.82. The predicted molar refractivity (Wildman–Crippen MR) is 62.4 cm³/mol. The second-order valence-electron chi connectivity index (χ2n) is 6.75. The lowest BCUT2D eigenvalue weighted by Gasteiger charge is -2.62. The predicted octanol–water partition coefficient (Wildman–Crippen LogP) is 3.51. The minimum atomic E-state index is -5.31. The summed E-state index contributed by atoms with van der Waals surface area (Å²) in [6.07, 6.45) is -4.96. The van der Waals surface area contributed by atoms with Crippen molar-refractivity contribution in [3.63, 3.8) is 0 Å². The number of fused-ring (bicyclic) bond motifs is 5. The third-order valence-electron chi connectivity index (χ3n) is 6.43. The Morgan fingerprint density at radius 3 is 2.00 bits per heavy atom. The molecule has 7 unspecified atom stereocenters. The van der Waals surface area contributed by atoms with Gasteiger partial charge in [0, 0.05) is 11.8 Å². The smallest absolute Gasteiger partial charge is 0.411 e. The molecule has 0 N–H and O–H groups in total. The van der Waals surface area contributed by atoms with Crippen molar-refractivity contribution < 1.29 is 31.5 Å². The van der Waals surface area contributed by atoms with Crippen LogP contribution in [-0.2, 0) is 9.53 Å². The number of rotatable bonds is 1. The molecule has 3 aliphatic carbocycles. The van der Waals surface area contributed by atoms with E-state index in [0.29, 0.717) is 6.42 Å². The summed E-state index contributed by atoms with van der Waals surface area (Å²) < 4.78 is 73.6. The molecule has 3 rings (SSSR count). The Bertz CT molecular complexity index is 488. The summed E-state index contributed by atoms with van der Waals surface area (Å²) >= 11 is 0. The van der Waals surface area contributed by atoms with Crippen molar-refractivity contribution in [2.75, 3.05) is 7.11 Å². The molecule has 7 heteroatoms. The molecular formula is C14H17F5O2. The van der Waals surface area contributed by atoms with Gasteiger partial charge in [0.05, 0.1) is 7.11 Å². The molecular weight excluding hydrogens is 295 g/mol. The molecule has 0 aromatic carbocycles. The van der Waals surface area contributed by atoms with E-state index in [4.69, 9.17) is 0 Å². The van der Waals surface area contributed by atoms with Crippen molar-refractivity contribution in [1.29, 1.82) is 0 Å². The molecule has 0 radical (unpaired) electrons. The van der Waals surface area contributed by atoms with E-state index in [2.05, 4.69) is 4.74 Å². The van der Waals surface area contributed by atoms with Crippen LogP contribution in [-0.4, -0.2) is 25.2 Å². The second kappa shape index (κ2) is 3.90. The monoisotopic (exact) mass is 312 g/mol. The van der Waals surface area contributed by atoms with Crippen molar-refractivity contribution in [2.45, 2.75) is 32.4 Å². The van der Waals surface area contributed by atoms with E-state index in [-0.39, 0.29) is 11.8 Å². The Morgan fingerprint density at radius 2 is 1.57 bits per heavy atom. The molecule has 3 aliphatic rings. The highest BCUT2D eigenvalue weighted by Crippen LogP contribution is 2.80. The fraction of sp³-hybridized carbons (Fsp3) is 0.929. The summed E-state index contributed by atoms with van der Waals surface area (Å²) in [6.45, 7) is 3.60. The van der Waals surface area contributed by atoms with E-state index in [1.807, 2.05) is 6.92 Å². The van der Waals surface area contributed by atoms with Crippen LogP contribution in [0.3, 0.4) is 0 Å². The molecule has 0 heterocycles. The number of hydrogen-bond acceptors (Lipinski definition) is 2. The number of hydrogen-bond donors (Lipinski definition) is 0. The van der Waals surface area contributed by atoms with Crippen molar-refractivity contribution in [3.8, 4) is 0 Å². The largest absolute Gasteiger partial charge is 0.468 e. The van der Waals surface area contributed by atoms with Gasteiger partial charge in [-0.15, -0.1) is 0 Å². The van der Waals surface area contributed by atoms with E-state index >= 15 is 0 Å². The van der Waals surface area contributed by atoms with Gasteiger partial charge in [0.1, 0.15) is 0 Å². The van der Waals surface area contributed by atoms with Crippen LogP contribution in [0.15, 0.2) is 0 Å². The highest BCUT2D eigenvalue weighted by Gasteiger charge is 2.93. The molecule has 0 aromatic rings. The number of methoxy groups -OCH3 is 1. The number of halogens is 5. The number of carbonyl (C=O) groups excluding carboxylic acids is 1. The fourth-order valence-corrected chi connectivity index (χ4v) is 5.40. The molecule has 3 saturated carbocycles. The van der Waals surface area contributed by atoms with Gasteiger partial charge in [0.25, 0.3) is 5.92 Å². The van der Waals surface area contributed by atoms with Crippen LogP contribution < -0.4 is 0 Å². The van der Waals surface area contributed by atoms with E-state index in [1.165, 1.54) is 0 Å². The van der Waals surface area contributed by atoms with Crippen LogP contribution in [0.25, 0.3) is 0 Å². The highest BCUT2D eigenvalue weighted by atomic mass is 19.4. The quantitative estimate of drug-likeness (QED) is 0.547. The van der Waals surface area contributed by atoms with Crippen LogP contribution in [0.4, 0.5) is 22.0 Å². The van der Waals surface area contributed by atoms with Gasteiger partial charge in [0.2, 0.25) is 5.41 Å². The van der Waals surface area contributed by atoms with Gasteiger partial charge in [-0.2, -0.15) is 13.2 Å². The zero-order valence-corrected chi connectivity index (χ0v) is 11.9. The number of esters is 1. The van der Waals surface area contributed by atoms with E-state index in [0.717, 1.165) is 7.11 Å². The first-order valence-corrected chi connectivity index (χ1v) is 7.06. The van der Waals surface area contributed by atoms with E-state index < -0.39 is 47.2 Å². The maximum atomic E-state index is 14.5. The van der Waals surface area contributed by atoms with Crippen molar-refractivity contribution in [2.24, 2.45) is 40.9 Å². The third kappa shape index (κ3) is 1.32. The van der Waals surface area contributed by atoms with Crippen LogP contribution in [0.2, 0.25) is 0 Å². The van der Waals surface area contributed by atoms with Gasteiger partial charge in [0.15, 0.2) is 0 Å². The summed E-state index contributed by atoms with van der Waals surface area (Å²) in [4.78, 5) is 11.8. The van der Waals surface area contributed by atoms with Gasteiger partial charge in [-0.25, -0.2) is 8.78 Å². The zero-order valence-electron chi connectivity index (χ0n) is 11.9. The molecule has 120 valence electrons. The Kier molecular flexibility index (Phi) is 2.79. The molecule has 0 spiro atoms. The summed E-state index contributed by atoms with van der Waals surface area (Å²) in [5.41, 5.74) is -3.66. The molecule has 21 heavy (non-hydrogen) atoms. The summed E-state index contributed by atoms with van der Waals surface area (Å²) in [7, 11) is 0.735. The maximum absolute atomic E-state index is 14.5. The zero-order chi connectivity index (χ0) is 16.0. The molecule has 0 saturated heterocycles. The van der Waals surface area contributed by atoms with Gasteiger partial charge in [-0.3, -0.25) is 4.79 Å². The minimum Gasteiger partial charge on any atom is -0.468 e. The maximum Gasteiger partial charge on any atom is 0.411 e. The average molecular weight is 312 g/mol. The summed E-state index contributed by atoms with van der Waals surface area (Å²) in [5, 5.41) is 0. The van der Waals surface area contributed by atoms with Crippen LogP contribution in [0, 0.1) is 40.9 Å². The van der Waals surface area contributed by atoms with E-state index in [9.17, 15) is 26.7 Å². The first-order chi connectivity index (χ1) is 9.53. The van der Waals surface area contributed by atoms with Gasteiger partial charge < -0.3 is 4.74 Å². The summed E-state index contributed by atoms with van der Waals surface area (Å²) in [6, 6.07) is 0. The van der Waals surface area contributed by atoms with Gasteiger partial charge in [-0.05, 0) is 30.1 Å². The lowest BCUT2D eigenvalue weighted by atomic mass is 9.44. The van der Waals surface area contributed by atoms with Gasteiger partial charge >= 0.3 is 12.1 Å². The van der Waals surface area contributed by atoms with Crippen LogP contribution in [0.1, 0.15) is 20.3 Å². The van der Waals surface area contributed by atoms with Crippen molar-refractivity contribution in [1.82, 2.24) is 0 Å². The Morgan fingerprint density at radius 1 is 1.10 bits per heavy atom. The molecule has 0 amide bonds. The fourth-order valence-electron chi connectivity index (χ4n) is 5.40. The molecule has 2 bridgehead atoms. The molecule has 2 nitrogen and oxygen atoms in total. The number of ether oxygens (including phenoxy) is 1. The number of carbonyl (C=O) groups is 1.